The van der Waals surface area contributed by atoms with Crippen LogP contribution in [-0.4, -0.2) is 23.9 Å². The molecule has 0 amide bonds. The maximum absolute atomic E-state index is 5.28. The van der Waals surface area contributed by atoms with Gasteiger partial charge < -0.3 is 9.47 Å². The number of hydrogen-bond acceptors (Lipinski definition) is 2. The SMILES string of the molecule is CC(CI)C1OCCO1. The highest BCUT2D eigenvalue weighted by atomic mass is 127. The third-order valence-electron chi connectivity index (χ3n) is 1.36. The Hall–Kier alpha value is 0.650. The van der Waals surface area contributed by atoms with Crippen LogP contribution in [0.2, 0.25) is 0 Å². The van der Waals surface area contributed by atoms with Crippen LogP contribution in [0, 0.1) is 5.92 Å². The number of hydrogen-bond donors (Lipinski definition) is 0. The van der Waals surface area contributed by atoms with Crippen molar-refractivity contribution in [2.75, 3.05) is 17.6 Å². The Labute approximate surface area is 69.0 Å². The molecule has 0 N–H and O–H groups in total. The van der Waals surface area contributed by atoms with Crippen molar-refractivity contribution in [3.8, 4) is 0 Å². The lowest BCUT2D eigenvalue weighted by Crippen LogP contribution is -2.19. The molecule has 3 heteroatoms. The molecule has 1 aliphatic rings. The maximum Gasteiger partial charge on any atom is 0.161 e. The molecule has 1 saturated heterocycles. The summed E-state index contributed by atoms with van der Waals surface area (Å²) >= 11 is 2.34. The van der Waals surface area contributed by atoms with Gasteiger partial charge in [0.05, 0.1) is 13.2 Å². The van der Waals surface area contributed by atoms with Crippen molar-refractivity contribution in [2.24, 2.45) is 5.92 Å². The van der Waals surface area contributed by atoms with E-state index in [1.807, 2.05) is 0 Å². The smallest absolute Gasteiger partial charge is 0.161 e. The zero-order valence-corrected chi connectivity index (χ0v) is 7.63. The summed E-state index contributed by atoms with van der Waals surface area (Å²) in [6.45, 7) is 3.68. The van der Waals surface area contributed by atoms with Gasteiger partial charge in [0.15, 0.2) is 6.29 Å². The van der Waals surface area contributed by atoms with Crippen LogP contribution in [-0.2, 0) is 9.47 Å². The number of ether oxygens (including phenoxy) is 2. The fourth-order valence-electron chi connectivity index (χ4n) is 0.778. The standard InChI is InChI=1S/C6H11IO2/c1-5(4-7)6-8-2-3-9-6/h5-6H,2-4H2,1H3. The first kappa shape index (κ1) is 7.75. The highest BCUT2D eigenvalue weighted by molar-refractivity contribution is 14.1. The van der Waals surface area contributed by atoms with Crippen molar-refractivity contribution >= 4 is 22.6 Å². The molecule has 1 atom stereocenters. The van der Waals surface area contributed by atoms with E-state index in [-0.39, 0.29) is 6.29 Å². The molecule has 0 saturated carbocycles. The van der Waals surface area contributed by atoms with Crippen LogP contribution >= 0.6 is 22.6 Å². The summed E-state index contributed by atoms with van der Waals surface area (Å²) in [5, 5.41) is 0. The molecule has 0 aromatic carbocycles. The molecule has 0 aromatic heterocycles. The average Bonchev–Trinajstić information content (AvgIpc) is 2.37. The van der Waals surface area contributed by atoms with Crippen LogP contribution in [0.4, 0.5) is 0 Å². The molecule has 2 nitrogen and oxygen atoms in total. The van der Waals surface area contributed by atoms with Crippen LogP contribution in [0.15, 0.2) is 0 Å². The van der Waals surface area contributed by atoms with Gasteiger partial charge in [-0.25, -0.2) is 0 Å². The van der Waals surface area contributed by atoms with Gasteiger partial charge in [0.25, 0.3) is 0 Å². The van der Waals surface area contributed by atoms with Gasteiger partial charge in [-0.1, -0.05) is 29.5 Å². The molecule has 1 aliphatic heterocycles. The summed E-state index contributed by atoms with van der Waals surface area (Å²) < 4.78 is 11.7. The van der Waals surface area contributed by atoms with E-state index in [9.17, 15) is 0 Å². The van der Waals surface area contributed by atoms with Gasteiger partial charge in [-0.2, -0.15) is 0 Å². The van der Waals surface area contributed by atoms with E-state index >= 15 is 0 Å². The Bertz CT molecular complexity index is 81.1. The zero-order chi connectivity index (χ0) is 6.69. The quantitative estimate of drug-likeness (QED) is 0.538. The van der Waals surface area contributed by atoms with E-state index in [4.69, 9.17) is 9.47 Å². The van der Waals surface area contributed by atoms with E-state index in [1.54, 1.807) is 0 Å². The minimum atomic E-state index is 0.0712. The first-order valence-corrected chi connectivity index (χ1v) is 4.66. The third-order valence-corrected chi connectivity index (χ3v) is 2.74. The predicted molar refractivity (Wildman–Crippen MR) is 43.7 cm³/mol. The van der Waals surface area contributed by atoms with Gasteiger partial charge in [-0.3, -0.25) is 0 Å². The van der Waals surface area contributed by atoms with Gasteiger partial charge in [0.1, 0.15) is 0 Å². The summed E-state index contributed by atoms with van der Waals surface area (Å²) in [5.41, 5.74) is 0. The Balaban J connectivity index is 2.24. The zero-order valence-electron chi connectivity index (χ0n) is 5.47. The van der Waals surface area contributed by atoms with Crippen molar-refractivity contribution in [2.45, 2.75) is 13.2 Å². The normalized spacial score (nSPS) is 24.7. The topological polar surface area (TPSA) is 18.5 Å². The van der Waals surface area contributed by atoms with Crippen molar-refractivity contribution in [3.05, 3.63) is 0 Å². The van der Waals surface area contributed by atoms with E-state index in [2.05, 4.69) is 29.5 Å². The molecule has 0 aliphatic carbocycles. The lowest BCUT2D eigenvalue weighted by atomic mass is 10.2. The minimum Gasteiger partial charge on any atom is -0.350 e. The molecular formula is C6H11IO2. The van der Waals surface area contributed by atoms with Gasteiger partial charge in [-0.05, 0) is 0 Å². The Morgan fingerprint density at radius 3 is 2.56 bits per heavy atom. The van der Waals surface area contributed by atoms with Crippen molar-refractivity contribution in [1.82, 2.24) is 0 Å². The third kappa shape index (κ3) is 2.05. The van der Waals surface area contributed by atoms with E-state index in [1.165, 1.54) is 0 Å². The van der Waals surface area contributed by atoms with Gasteiger partial charge in [-0.15, -0.1) is 0 Å². The fraction of sp³-hybridized carbons (Fsp3) is 1.00. The molecule has 1 unspecified atom stereocenters. The molecule has 1 heterocycles. The van der Waals surface area contributed by atoms with E-state index in [0.29, 0.717) is 5.92 Å². The molecule has 1 fully saturated rings. The van der Waals surface area contributed by atoms with Crippen molar-refractivity contribution in [3.63, 3.8) is 0 Å². The Kier molecular flexibility index (Phi) is 3.21. The average molecular weight is 242 g/mol. The second-order valence-corrected chi connectivity index (χ2v) is 3.12. The molecule has 0 radical (unpaired) electrons. The first-order valence-electron chi connectivity index (χ1n) is 3.13. The number of rotatable bonds is 2. The minimum absolute atomic E-state index is 0.0712. The van der Waals surface area contributed by atoms with Gasteiger partial charge in [0.2, 0.25) is 0 Å². The fourth-order valence-corrected chi connectivity index (χ4v) is 1.19. The molecule has 1 rings (SSSR count). The monoisotopic (exact) mass is 242 g/mol. The molecule has 54 valence electrons. The van der Waals surface area contributed by atoms with Crippen LogP contribution in [0.5, 0.6) is 0 Å². The molecule has 0 spiro atoms. The number of halogens is 1. The summed E-state index contributed by atoms with van der Waals surface area (Å²) in [5.74, 6) is 0.535. The van der Waals surface area contributed by atoms with E-state index in [0.717, 1.165) is 17.6 Å². The maximum atomic E-state index is 5.28. The molecular weight excluding hydrogens is 231 g/mol. The summed E-state index contributed by atoms with van der Waals surface area (Å²) in [7, 11) is 0. The van der Waals surface area contributed by atoms with Crippen LogP contribution in [0.1, 0.15) is 6.92 Å². The largest absolute Gasteiger partial charge is 0.350 e. The number of alkyl halides is 1. The summed E-state index contributed by atoms with van der Waals surface area (Å²) in [6, 6.07) is 0. The molecule has 9 heavy (non-hydrogen) atoms. The molecule has 0 bridgehead atoms. The second-order valence-electron chi connectivity index (χ2n) is 2.24. The summed E-state index contributed by atoms with van der Waals surface area (Å²) in [4.78, 5) is 0. The van der Waals surface area contributed by atoms with Crippen molar-refractivity contribution < 1.29 is 9.47 Å². The molecule has 0 aromatic rings. The van der Waals surface area contributed by atoms with Crippen LogP contribution in [0.25, 0.3) is 0 Å². The van der Waals surface area contributed by atoms with Crippen LogP contribution in [0.3, 0.4) is 0 Å². The second kappa shape index (κ2) is 3.73. The van der Waals surface area contributed by atoms with Crippen molar-refractivity contribution in [1.29, 1.82) is 0 Å². The Morgan fingerprint density at radius 2 is 2.11 bits per heavy atom. The Morgan fingerprint density at radius 1 is 1.56 bits per heavy atom. The van der Waals surface area contributed by atoms with E-state index < -0.39 is 0 Å². The lowest BCUT2D eigenvalue weighted by molar-refractivity contribution is -0.0712. The highest BCUT2D eigenvalue weighted by Gasteiger charge is 2.21. The van der Waals surface area contributed by atoms with Gasteiger partial charge in [0, 0.05) is 10.3 Å². The van der Waals surface area contributed by atoms with Gasteiger partial charge >= 0.3 is 0 Å². The highest BCUT2D eigenvalue weighted by Crippen LogP contribution is 2.15. The summed E-state index contributed by atoms with van der Waals surface area (Å²) in [6.07, 6.45) is 0.0712. The predicted octanol–water partition coefficient (Wildman–Crippen LogP) is 1.43. The van der Waals surface area contributed by atoms with Crippen LogP contribution < -0.4 is 0 Å². The first-order chi connectivity index (χ1) is 4.34. The lowest BCUT2D eigenvalue weighted by Gasteiger charge is -2.13.